The summed E-state index contributed by atoms with van der Waals surface area (Å²) >= 11 is 0. The van der Waals surface area contributed by atoms with Crippen molar-refractivity contribution >= 4 is 0 Å². The summed E-state index contributed by atoms with van der Waals surface area (Å²) in [4.78, 5) is 2.55. The Kier molecular flexibility index (Phi) is 8.58. The molecule has 0 fully saturated rings. The number of benzene rings is 2. The number of hydrogen-bond donors (Lipinski definition) is 1. The van der Waals surface area contributed by atoms with E-state index in [2.05, 4.69) is 84.7 Å². The average molecular weight is 325 g/mol. The number of rotatable bonds is 11. The zero-order chi connectivity index (χ0) is 17.0. The van der Waals surface area contributed by atoms with Gasteiger partial charge in [0.1, 0.15) is 0 Å². The lowest BCUT2D eigenvalue weighted by Gasteiger charge is -2.23. The van der Waals surface area contributed by atoms with Crippen LogP contribution in [0, 0.1) is 5.92 Å². The minimum Gasteiger partial charge on any atom is -0.316 e. The van der Waals surface area contributed by atoms with E-state index >= 15 is 0 Å². The molecule has 2 aromatic rings. The van der Waals surface area contributed by atoms with Crippen LogP contribution in [-0.4, -0.2) is 24.5 Å². The van der Waals surface area contributed by atoms with E-state index in [1.165, 1.54) is 24.0 Å². The van der Waals surface area contributed by atoms with Crippen LogP contribution in [0.25, 0.3) is 0 Å². The molecular formula is C22H32N2. The third kappa shape index (κ3) is 7.29. The van der Waals surface area contributed by atoms with Crippen LogP contribution in [0.5, 0.6) is 0 Å². The SMILES string of the molecule is CCC(C)CNCCCN(Cc1ccccc1)Cc1ccccc1. The van der Waals surface area contributed by atoms with Crippen molar-refractivity contribution in [3.63, 3.8) is 0 Å². The molecule has 2 aromatic carbocycles. The molecule has 0 aliphatic carbocycles. The van der Waals surface area contributed by atoms with E-state index in [0.717, 1.165) is 38.6 Å². The summed E-state index contributed by atoms with van der Waals surface area (Å²) in [7, 11) is 0. The largest absolute Gasteiger partial charge is 0.316 e. The molecule has 0 radical (unpaired) electrons. The van der Waals surface area contributed by atoms with Gasteiger partial charge >= 0.3 is 0 Å². The smallest absolute Gasteiger partial charge is 0.0237 e. The Morgan fingerprint density at radius 2 is 1.42 bits per heavy atom. The van der Waals surface area contributed by atoms with Crippen molar-refractivity contribution in [2.75, 3.05) is 19.6 Å². The van der Waals surface area contributed by atoms with Crippen LogP contribution in [0.3, 0.4) is 0 Å². The molecule has 1 atom stereocenters. The Morgan fingerprint density at radius 1 is 0.875 bits per heavy atom. The molecule has 0 amide bonds. The Morgan fingerprint density at radius 3 is 1.92 bits per heavy atom. The van der Waals surface area contributed by atoms with Crippen molar-refractivity contribution in [1.29, 1.82) is 0 Å². The van der Waals surface area contributed by atoms with Gasteiger partial charge in [-0.15, -0.1) is 0 Å². The summed E-state index contributed by atoms with van der Waals surface area (Å²) in [6, 6.07) is 21.6. The molecule has 130 valence electrons. The number of nitrogens with one attached hydrogen (secondary N) is 1. The molecule has 1 unspecified atom stereocenters. The molecule has 24 heavy (non-hydrogen) atoms. The molecule has 0 saturated heterocycles. The van der Waals surface area contributed by atoms with Gasteiger partial charge in [0.25, 0.3) is 0 Å². The van der Waals surface area contributed by atoms with E-state index in [4.69, 9.17) is 0 Å². The van der Waals surface area contributed by atoms with E-state index < -0.39 is 0 Å². The molecule has 0 aliphatic rings. The minimum atomic E-state index is 0.773. The summed E-state index contributed by atoms with van der Waals surface area (Å²) in [5.74, 6) is 0.773. The normalized spacial score (nSPS) is 12.5. The quantitative estimate of drug-likeness (QED) is 0.602. The van der Waals surface area contributed by atoms with Crippen LogP contribution >= 0.6 is 0 Å². The van der Waals surface area contributed by atoms with Crippen LogP contribution in [-0.2, 0) is 13.1 Å². The molecular weight excluding hydrogens is 292 g/mol. The third-order valence-electron chi connectivity index (χ3n) is 4.52. The fourth-order valence-electron chi connectivity index (χ4n) is 2.82. The standard InChI is InChI=1S/C22H32N2/c1-3-20(2)17-23-15-10-16-24(18-21-11-6-4-7-12-21)19-22-13-8-5-9-14-22/h4-9,11-14,20,23H,3,10,15-19H2,1-2H3. The minimum absolute atomic E-state index is 0.773. The fourth-order valence-corrected chi connectivity index (χ4v) is 2.82. The highest BCUT2D eigenvalue weighted by Crippen LogP contribution is 2.10. The van der Waals surface area contributed by atoms with Gasteiger partial charge in [0.05, 0.1) is 0 Å². The summed E-state index contributed by atoms with van der Waals surface area (Å²) in [6.07, 6.45) is 2.44. The molecule has 0 bridgehead atoms. The number of nitrogens with zero attached hydrogens (tertiary/aromatic N) is 1. The molecule has 0 aromatic heterocycles. The second-order valence-corrected chi connectivity index (χ2v) is 6.75. The molecule has 1 N–H and O–H groups in total. The van der Waals surface area contributed by atoms with E-state index in [1.807, 2.05) is 0 Å². The molecule has 0 saturated carbocycles. The van der Waals surface area contributed by atoms with E-state index in [1.54, 1.807) is 0 Å². The van der Waals surface area contributed by atoms with Gasteiger partial charge in [-0.2, -0.15) is 0 Å². The van der Waals surface area contributed by atoms with Crippen molar-refractivity contribution in [1.82, 2.24) is 10.2 Å². The molecule has 2 rings (SSSR count). The zero-order valence-corrected chi connectivity index (χ0v) is 15.2. The Bertz CT molecular complexity index is 497. The average Bonchev–Trinajstić information content (AvgIpc) is 2.62. The van der Waals surface area contributed by atoms with Crippen molar-refractivity contribution in [3.8, 4) is 0 Å². The second-order valence-electron chi connectivity index (χ2n) is 6.75. The van der Waals surface area contributed by atoms with Gasteiger partial charge < -0.3 is 5.32 Å². The van der Waals surface area contributed by atoms with Gasteiger partial charge in [-0.3, -0.25) is 4.90 Å². The molecule has 0 heterocycles. The lowest BCUT2D eigenvalue weighted by Crippen LogP contribution is -2.28. The maximum Gasteiger partial charge on any atom is 0.0237 e. The molecule has 2 nitrogen and oxygen atoms in total. The van der Waals surface area contributed by atoms with E-state index in [-0.39, 0.29) is 0 Å². The van der Waals surface area contributed by atoms with Crippen LogP contribution in [0.4, 0.5) is 0 Å². The predicted octanol–water partition coefficient (Wildman–Crippen LogP) is 4.71. The van der Waals surface area contributed by atoms with Gasteiger partial charge in [-0.05, 0) is 36.6 Å². The first-order valence-corrected chi connectivity index (χ1v) is 9.29. The van der Waals surface area contributed by atoms with Crippen molar-refractivity contribution in [2.45, 2.75) is 39.8 Å². The van der Waals surface area contributed by atoms with Gasteiger partial charge in [-0.1, -0.05) is 80.9 Å². The molecule has 0 aliphatic heterocycles. The molecule has 2 heteroatoms. The van der Waals surface area contributed by atoms with Crippen LogP contribution < -0.4 is 5.32 Å². The first-order valence-electron chi connectivity index (χ1n) is 9.29. The monoisotopic (exact) mass is 324 g/mol. The van der Waals surface area contributed by atoms with Gasteiger partial charge in [-0.25, -0.2) is 0 Å². The fraction of sp³-hybridized carbons (Fsp3) is 0.455. The van der Waals surface area contributed by atoms with Crippen molar-refractivity contribution in [2.24, 2.45) is 5.92 Å². The summed E-state index contributed by atoms with van der Waals surface area (Å²) in [6.45, 7) is 9.95. The summed E-state index contributed by atoms with van der Waals surface area (Å²) in [5, 5.41) is 3.59. The Labute approximate surface area is 147 Å². The highest BCUT2D eigenvalue weighted by Gasteiger charge is 2.07. The second kappa shape index (κ2) is 11.0. The number of hydrogen-bond acceptors (Lipinski definition) is 2. The Balaban J connectivity index is 1.83. The Hall–Kier alpha value is -1.64. The lowest BCUT2D eigenvalue weighted by atomic mass is 10.1. The maximum atomic E-state index is 3.59. The lowest BCUT2D eigenvalue weighted by molar-refractivity contribution is 0.251. The van der Waals surface area contributed by atoms with Gasteiger partial charge in [0.2, 0.25) is 0 Å². The van der Waals surface area contributed by atoms with Gasteiger partial charge in [0, 0.05) is 19.6 Å². The van der Waals surface area contributed by atoms with E-state index in [0.29, 0.717) is 0 Å². The highest BCUT2D eigenvalue weighted by molar-refractivity contribution is 5.17. The van der Waals surface area contributed by atoms with Gasteiger partial charge in [0.15, 0.2) is 0 Å². The van der Waals surface area contributed by atoms with Crippen LogP contribution in [0.2, 0.25) is 0 Å². The summed E-state index contributed by atoms with van der Waals surface area (Å²) in [5.41, 5.74) is 2.78. The molecule has 0 spiro atoms. The maximum absolute atomic E-state index is 3.59. The topological polar surface area (TPSA) is 15.3 Å². The summed E-state index contributed by atoms with van der Waals surface area (Å²) < 4.78 is 0. The third-order valence-corrected chi connectivity index (χ3v) is 4.52. The van der Waals surface area contributed by atoms with Crippen molar-refractivity contribution < 1.29 is 0 Å². The highest BCUT2D eigenvalue weighted by atomic mass is 15.1. The first kappa shape index (κ1) is 18.7. The first-order chi connectivity index (χ1) is 11.8. The zero-order valence-electron chi connectivity index (χ0n) is 15.2. The van der Waals surface area contributed by atoms with Crippen LogP contribution in [0.1, 0.15) is 37.8 Å². The van der Waals surface area contributed by atoms with E-state index in [9.17, 15) is 0 Å². The van der Waals surface area contributed by atoms with Crippen LogP contribution in [0.15, 0.2) is 60.7 Å². The predicted molar refractivity (Wildman–Crippen MR) is 104 cm³/mol. The van der Waals surface area contributed by atoms with Crippen molar-refractivity contribution in [3.05, 3.63) is 71.8 Å².